The minimum absolute atomic E-state index is 0.288. The fourth-order valence-electron chi connectivity index (χ4n) is 1.25. The van der Waals surface area contributed by atoms with Crippen LogP contribution < -0.4 is 0 Å². The average Bonchev–Trinajstić information content (AvgIpc) is 2.24. The van der Waals surface area contributed by atoms with E-state index >= 15 is 0 Å². The zero-order valence-electron chi connectivity index (χ0n) is 8.89. The lowest BCUT2D eigenvalue weighted by Gasteiger charge is -2.10. The van der Waals surface area contributed by atoms with Crippen LogP contribution in [-0.4, -0.2) is 17.9 Å². The van der Waals surface area contributed by atoms with E-state index in [9.17, 15) is 4.79 Å². The van der Waals surface area contributed by atoms with Crippen molar-refractivity contribution in [2.45, 2.75) is 18.2 Å². The van der Waals surface area contributed by atoms with Crippen LogP contribution in [0.15, 0.2) is 16.6 Å². The van der Waals surface area contributed by atoms with Gasteiger partial charge in [0.25, 0.3) is 0 Å². The highest BCUT2D eigenvalue weighted by Crippen LogP contribution is 2.27. The van der Waals surface area contributed by atoms with Crippen molar-refractivity contribution in [3.8, 4) is 0 Å². The molecule has 1 rings (SSSR count). The molecule has 1 aromatic rings. The summed E-state index contributed by atoms with van der Waals surface area (Å²) in [7, 11) is 1.37. The number of rotatable bonds is 3. The molecule has 16 heavy (non-hydrogen) atoms. The predicted molar refractivity (Wildman–Crippen MR) is 72.3 cm³/mol. The summed E-state index contributed by atoms with van der Waals surface area (Å²) in [4.78, 5) is 10.9. The molecular formula is C11H11Br2ClO2. The molecule has 0 N–H and O–H groups in total. The first-order chi connectivity index (χ1) is 7.45. The molecule has 0 aliphatic heterocycles. The van der Waals surface area contributed by atoms with E-state index in [1.807, 2.05) is 19.1 Å². The molecule has 0 heterocycles. The summed E-state index contributed by atoms with van der Waals surface area (Å²) in [5.41, 5.74) is 1.98. The van der Waals surface area contributed by atoms with Crippen LogP contribution >= 0.6 is 43.5 Å². The largest absolute Gasteiger partial charge is 0.468 e. The minimum Gasteiger partial charge on any atom is -0.468 e. The number of carbonyl (C=O) groups is 1. The molecule has 0 spiro atoms. The molecule has 0 aliphatic rings. The lowest BCUT2D eigenvalue weighted by Crippen LogP contribution is -2.18. The lowest BCUT2D eigenvalue weighted by molar-refractivity contribution is -0.139. The summed E-state index contributed by atoms with van der Waals surface area (Å²) in [5.74, 6) is -0.288. The highest BCUT2D eigenvalue weighted by atomic mass is 79.9. The first-order valence-corrected chi connectivity index (χ1v) is 6.70. The molecule has 0 aliphatic carbocycles. The second-order valence-electron chi connectivity index (χ2n) is 3.39. The van der Waals surface area contributed by atoms with Gasteiger partial charge in [-0.25, -0.2) is 0 Å². The van der Waals surface area contributed by atoms with Crippen LogP contribution in [0, 0.1) is 6.92 Å². The molecule has 1 aromatic carbocycles. The van der Waals surface area contributed by atoms with Crippen molar-refractivity contribution >= 4 is 49.4 Å². The van der Waals surface area contributed by atoms with Crippen LogP contribution in [0.5, 0.6) is 0 Å². The molecule has 0 bridgehead atoms. The Labute approximate surface area is 117 Å². The lowest BCUT2D eigenvalue weighted by atomic mass is 10.1. The Hall–Kier alpha value is -0.0600. The third kappa shape index (κ3) is 3.47. The molecule has 5 heteroatoms. The van der Waals surface area contributed by atoms with Gasteiger partial charge in [0, 0.05) is 9.50 Å². The quantitative estimate of drug-likeness (QED) is 0.596. The third-order valence-corrected chi connectivity index (χ3v) is 4.03. The van der Waals surface area contributed by atoms with Crippen LogP contribution in [-0.2, 0) is 16.0 Å². The van der Waals surface area contributed by atoms with Gasteiger partial charge in [0.1, 0.15) is 4.83 Å². The van der Waals surface area contributed by atoms with Crippen molar-refractivity contribution in [1.29, 1.82) is 0 Å². The van der Waals surface area contributed by atoms with Crippen molar-refractivity contribution in [3.63, 3.8) is 0 Å². The van der Waals surface area contributed by atoms with Crippen molar-refractivity contribution in [1.82, 2.24) is 0 Å². The molecule has 0 fully saturated rings. The normalized spacial score (nSPS) is 12.3. The summed E-state index contributed by atoms with van der Waals surface area (Å²) in [5, 5.41) is 0.697. The standard InChI is InChI=1S/C11H11Br2ClO2/c1-6-3-8(12)7(5-10(6)14)4-9(13)11(15)16-2/h3,5,9H,4H2,1-2H3. The van der Waals surface area contributed by atoms with Crippen molar-refractivity contribution < 1.29 is 9.53 Å². The molecule has 0 radical (unpaired) electrons. The van der Waals surface area contributed by atoms with Gasteiger partial charge in [-0.05, 0) is 36.6 Å². The summed E-state index contributed by atoms with van der Waals surface area (Å²) < 4.78 is 5.59. The van der Waals surface area contributed by atoms with Crippen molar-refractivity contribution in [2.24, 2.45) is 0 Å². The maximum absolute atomic E-state index is 11.3. The number of benzene rings is 1. The van der Waals surface area contributed by atoms with Gasteiger partial charge in [-0.15, -0.1) is 0 Å². The Morgan fingerprint density at radius 3 is 2.75 bits per heavy atom. The SMILES string of the molecule is COC(=O)C(Br)Cc1cc(Cl)c(C)cc1Br. The number of carbonyl (C=O) groups excluding carboxylic acids is 1. The zero-order chi connectivity index (χ0) is 12.3. The van der Waals surface area contributed by atoms with Gasteiger partial charge in [-0.1, -0.05) is 43.5 Å². The fourth-order valence-corrected chi connectivity index (χ4v) is 2.59. The van der Waals surface area contributed by atoms with Gasteiger partial charge in [0.2, 0.25) is 0 Å². The molecule has 88 valence electrons. The van der Waals surface area contributed by atoms with E-state index in [2.05, 4.69) is 36.6 Å². The zero-order valence-corrected chi connectivity index (χ0v) is 12.8. The maximum atomic E-state index is 11.3. The van der Waals surface area contributed by atoms with Gasteiger partial charge in [-0.2, -0.15) is 0 Å². The molecule has 0 saturated carbocycles. The van der Waals surface area contributed by atoms with Gasteiger partial charge in [0.05, 0.1) is 7.11 Å². The van der Waals surface area contributed by atoms with Gasteiger partial charge in [-0.3, -0.25) is 4.79 Å². The van der Waals surface area contributed by atoms with Crippen LogP contribution in [0.2, 0.25) is 5.02 Å². The Morgan fingerprint density at radius 1 is 1.56 bits per heavy atom. The Bertz CT molecular complexity index is 407. The number of ether oxygens (including phenoxy) is 1. The number of halogens is 3. The van der Waals surface area contributed by atoms with Crippen molar-refractivity contribution in [2.75, 3.05) is 7.11 Å². The molecule has 1 atom stereocenters. The third-order valence-electron chi connectivity index (χ3n) is 2.18. The van der Waals surface area contributed by atoms with E-state index in [4.69, 9.17) is 11.6 Å². The number of methoxy groups -OCH3 is 1. The Morgan fingerprint density at radius 2 is 2.19 bits per heavy atom. The molecule has 1 unspecified atom stereocenters. The monoisotopic (exact) mass is 368 g/mol. The second-order valence-corrected chi connectivity index (χ2v) is 5.75. The summed E-state index contributed by atoms with van der Waals surface area (Å²) in [6, 6.07) is 3.80. The number of aryl methyl sites for hydroxylation is 1. The topological polar surface area (TPSA) is 26.3 Å². The number of esters is 1. The van der Waals surface area contributed by atoms with Crippen molar-refractivity contribution in [3.05, 3.63) is 32.8 Å². The van der Waals surface area contributed by atoms with Gasteiger partial charge < -0.3 is 4.74 Å². The first-order valence-electron chi connectivity index (χ1n) is 4.62. The van der Waals surface area contributed by atoms with E-state index in [1.54, 1.807) is 0 Å². The highest BCUT2D eigenvalue weighted by molar-refractivity contribution is 9.10. The summed E-state index contributed by atoms with van der Waals surface area (Å²) >= 11 is 12.8. The fraction of sp³-hybridized carbons (Fsp3) is 0.364. The summed E-state index contributed by atoms with van der Waals surface area (Å²) in [6.07, 6.45) is 0.535. The molecule has 0 aromatic heterocycles. The van der Waals surface area contributed by atoms with Crippen LogP contribution in [0.3, 0.4) is 0 Å². The molecule has 2 nitrogen and oxygen atoms in total. The molecule has 0 amide bonds. The van der Waals surface area contributed by atoms with E-state index in [1.165, 1.54) is 7.11 Å². The van der Waals surface area contributed by atoms with Gasteiger partial charge in [0.15, 0.2) is 0 Å². The molecule has 0 saturated heterocycles. The van der Waals surface area contributed by atoms with E-state index in [0.717, 1.165) is 15.6 Å². The highest BCUT2D eigenvalue weighted by Gasteiger charge is 2.17. The van der Waals surface area contributed by atoms with Crippen LogP contribution in [0.1, 0.15) is 11.1 Å². The average molecular weight is 370 g/mol. The smallest absolute Gasteiger partial charge is 0.319 e. The number of hydrogen-bond acceptors (Lipinski definition) is 2. The Balaban J connectivity index is 2.89. The summed E-state index contributed by atoms with van der Waals surface area (Å²) in [6.45, 7) is 1.93. The van der Waals surface area contributed by atoms with E-state index in [-0.39, 0.29) is 10.8 Å². The van der Waals surface area contributed by atoms with E-state index < -0.39 is 0 Å². The first kappa shape index (κ1) is 14.0. The molecular weight excluding hydrogens is 359 g/mol. The minimum atomic E-state index is -0.354. The second kappa shape index (κ2) is 6.03. The maximum Gasteiger partial charge on any atom is 0.319 e. The number of hydrogen-bond donors (Lipinski definition) is 0. The Kier molecular flexibility index (Phi) is 5.28. The van der Waals surface area contributed by atoms with Crippen LogP contribution in [0.4, 0.5) is 0 Å². The predicted octanol–water partition coefficient (Wildman–Crippen LogP) is 3.89. The number of alkyl halides is 1. The van der Waals surface area contributed by atoms with E-state index in [0.29, 0.717) is 11.4 Å². The van der Waals surface area contributed by atoms with Crippen LogP contribution in [0.25, 0.3) is 0 Å². The van der Waals surface area contributed by atoms with Gasteiger partial charge >= 0.3 is 5.97 Å².